The predicted molar refractivity (Wildman–Crippen MR) is 88.1 cm³/mol. The van der Waals surface area contributed by atoms with Gasteiger partial charge in [0.15, 0.2) is 15.8 Å². The van der Waals surface area contributed by atoms with Crippen LogP contribution in [0.3, 0.4) is 0 Å². The van der Waals surface area contributed by atoms with Gasteiger partial charge in [-0.05, 0) is 18.4 Å². The Kier molecular flexibility index (Phi) is 6.15. The Labute approximate surface area is 144 Å². The van der Waals surface area contributed by atoms with Crippen molar-refractivity contribution < 1.29 is 26.3 Å². The van der Waals surface area contributed by atoms with Gasteiger partial charge >= 0.3 is 6.36 Å². The van der Waals surface area contributed by atoms with Crippen molar-refractivity contribution in [2.45, 2.75) is 19.3 Å². The van der Waals surface area contributed by atoms with Gasteiger partial charge in [-0.3, -0.25) is 4.99 Å². The van der Waals surface area contributed by atoms with Crippen molar-refractivity contribution in [3.63, 3.8) is 0 Å². The largest absolute Gasteiger partial charge is 0.573 e. The lowest BCUT2D eigenvalue weighted by Crippen LogP contribution is -2.39. The lowest BCUT2D eigenvalue weighted by Gasteiger charge is -2.16. The van der Waals surface area contributed by atoms with Crippen molar-refractivity contribution in [2.24, 2.45) is 10.9 Å². The van der Waals surface area contributed by atoms with Crippen LogP contribution in [-0.4, -0.2) is 45.8 Å². The number of sulfone groups is 1. The number of nitrogens with one attached hydrogen (secondary N) is 2. The van der Waals surface area contributed by atoms with E-state index in [-0.39, 0.29) is 29.7 Å². The minimum Gasteiger partial charge on any atom is -0.405 e. The van der Waals surface area contributed by atoms with Gasteiger partial charge in [0, 0.05) is 25.7 Å². The molecule has 25 heavy (non-hydrogen) atoms. The fourth-order valence-electron chi connectivity index (χ4n) is 2.55. The highest BCUT2D eigenvalue weighted by atomic mass is 32.2. The maximum Gasteiger partial charge on any atom is 0.573 e. The minimum atomic E-state index is -4.76. The van der Waals surface area contributed by atoms with E-state index >= 15 is 0 Å². The molecule has 0 aromatic heterocycles. The quantitative estimate of drug-likeness (QED) is 0.601. The lowest BCUT2D eigenvalue weighted by atomic mass is 10.1. The first-order chi connectivity index (χ1) is 11.7. The molecule has 1 aromatic rings. The fourth-order valence-corrected chi connectivity index (χ4v) is 4.41. The van der Waals surface area contributed by atoms with Crippen LogP contribution in [0.2, 0.25) is 0 Å². The first kappa shape index (κ1) is 19.4. The number of alkyl halides is 3. The van der Waals surface area contributed by atoms with Crippen molar-refractivity contribution in [1.29, 1.82) is 0 Å². The Morgan fingerprint density at radius 3 is 2.64 bits per heavy atom. The third-order valence-corrected chi connectivity index (χ3v) is 5.59. The number of para-hydroxylation sites is 1. The normalized spacial score (nSPS) is 20.3. The third-order valence-electron chi connectivity index (χ3n) is 3.75. The minimum absolute atomic E-state index is 0.00407. The smallest absolute Gasteiger partial charge is 0.405 e. The number of hydrogen-bond donors (Lipinski definition) is 2. The van der Waals surface area contributed by atoms with Crippen LogP contribution in [0.4, 0.5) is 13.2 Å². The number of hydrogen-bond acceptors (Lipinski definition) is 4. The number of aliphatic imine (C=N–C) groups is 1. The molecule has 2 N–H and O–H groups in total. The van der Waals surface area contributed by atoms with Crippen LogP contribution in [0.1, 0.15) is 12.0 Å². The molecule has 1 aliphatic heterocycles. The second kappa shape index (κ2) is 7.94. The van der Waals surface area contributed by atoms with Gasteiger partial charge in [0.1, 0.15) is 5.75 Å². The standard InChI is InChI=1S/C15H20F3N3O3S/c1-19-14(20-8-11-6-7-25(22,23)10-11)21-9-12-4-2-3-5-13(12)24-15(16,17)18/h2-5,11H,6-10H2,1H3,(H2,19,20,21). The summed E-state index contributed by atoms with van der Waals surface area (Å²) in [5.74, 6) is 0.433. The SMILES string of the molecule is CN=C(NCc1ccccc1OC(F)(F)F)NCC1CCS(=O)(=O)C1. The molecule has 1 aromatic carbocycles. The second-order valence-electron chi connectivity index (χ2n) is 5.73. The molecule has 0 radical (unpaired) electrons. The van der Waals surface area contributed by atoms with Crippen LogP contribution in [-0.2, 0) is 16.4 Å². The van der Waals surface area contributed by atoms with Gasteiger partial charge in [0.25, 0.3) is 0 Å². The summed E-state index contributed by atoms with van der Waals surface area (Å²) >= 11 is 0. The van der Waals surface area contributed by atoms with Gasteiger partial charge in [0.05, 0.1) is 11.5 Å². The number of ether oxygens (including phenoxy) is 1. The number of benzene rings is 1. The van der Waals surface area contributed by atoms with Gasteiger partial charge < -0.3 is 15.4 Å². The Hall–Kier alpha value is -1.97. The highest BCUT2D eigenvalue weighted by molar-refractivity contribution is 7.91. The summed E-state index contributed by atoms with van der Waals surface area (Å²) in [5.41, 5.74) is 0.325. The summed E-state index contributed by atoms with van der Waals surface area (Å²) in [7, 11) is -1.43. The first-order valence-corrected chi connectivity index (χ1v) is 9.49. The zero-order chi connectivity index (χ0) is 18.5. The zero-order valence-electron chi connectivity index (χ0n) is 13.6. The number of nitrogens with zero attached hydrogens (tertiary/aromatic N) is 1. The molecule has 140 valence electrons. The molecular weight excluding hydrogens is 359 g/mol. The zero-order valence-corrected chi connectivity index (χ0v) is 14.5. The maximum absolute atomic E-state index is 12.4. The monoisotopic (exact) mass is 379 g/mol. The molecule has 2 rings (SSSR count). The van der Waals surface area contributed by atoms with Gasteiger partial charge in [-0.25, -0.2) is 8.42 Å². The van der Waals surface area contributed by atoms with Crippen LogP contribution in [0.25, 0.3) is 0 Å². The molecule has 0 amide bonds. The molecule has 1 fully saturated rings. The van der Waals surface area contributed by atoms with E-state index in [0.717, 1.165) is 0 Å². The molecule has 10 heteroatoms. The number of guanidine groups is 1. The number of rotatable bonds is 5. The van der Waals surface area contributed by atoms with Crippen LogP contribution in [0.5, 0.6) is 5.75 Å². The highest BCUT2D eigenvalue weighted by Gasteiger charge is 2.32. The van der Waals surface area contributed by atoms with E-state index in [9.17, 15) is 21.6 Å². The van der Waals surface area contributed by atoms with Crippen molar-refractivity contribution in [2.75, 3.05) is 25.1 Å². The molecule has 0 saturated carbocycles. The summed E-state index contributed by atoms with van der Waals surface area (Å²) in [6.45, 7) is 0.508. The van der Waals surface area contributed by atoms with E-state index in [2.05, 4.69) is 20.4 Å². The second-order valence-corrected chi connectivity index (χ2v) is 7.96. The van der Waals surface area contributed by atoms with Gasteiger partial charge in [-0.15, -0.1) is 13.2 Å². The van der Waals surface area contributed by atoms with Crippen molar-refractivity contribution in [3.8, 4) is 5.75 Å². The van der Waals surface area contributed by atoms with Crippen LogP contribution >= 0.6 is 0 Å². The lowest BCUT2D eigenvalue weighted by molar-refractivity contribution is -0.274. The van der Waals surface area contributed by atoms with E-state index in [4.69, 9.17) is 0 Å². The van der Waals surface area contributed by atoms with E-state index in [1.165, 1.54) is 25.2 Å². The average Bonchev–Trinajstić information content (AvgIpc) is 2.86. The molecule has 1 saturated heterocycles. The van der Waals surface area contributed by atoms with E-state index in [1.807, 2.05) is 0 Å². The van der Waals surface area contributed by atoms with Gasteiger partial charge in [-0.1, -0.05) is 18.2 Å². The van der Waals surface area contributed by atoms with Crippen LogP contribution < -0.4 is 15.4 Å². The van der Waals surface area contributed by atoms with E-state index < -0.39 is 16.2 Å². The highest BCUT2D eigenvalue weighted by Crippen LogP contribution is 2.26. The Morgan fingerprint density at radius 1 is 1.32 bits per heavy atom. The molecule has 1 aliphatic rings. The topological polar surface area (TPSA) is 79.8 Å². The van der Waals surface area contributed by atoms with Crippen LogP contribution in [0.15, 0.2) is 29.3 Å². The van der Waals surface area contributed by atoms with Crippen molar-refractivity contribution in [1.82, 2.24) is 10.6 Å². The summed E-state index contributed by atoms with van der Waals surface area (Å²) < 4.78 is 64.1. The van der Waals surface area contributed by atoms with E-state index in [0.29, 0.717) is 24.5 Å². The molecular formula is C15H20F3N3O3S. The molecule has 6 nitrogen and oxygen atoms in total. The van der Waals surface area contributed by atoms with Crippen molar-refractivity contribution in [3.05, 3.63) is 29.8 Å². The fraction of sp³-hybridized carbons (Fsp3) is 0.533. The summed E-state index contributed by atoms with van der Waals surface area (Å²) in [6.07, 6.45) is -4.17. The third kappa shape index (κ3) is 6.45. The summed E-state index contributed by atoms with van der Waals surface area (Å²) in [6, 6.07) is 5.83. The number of halogens is 3. The first-order valence-electron chi connectivity index (χ1n) is 7.67. The Bertz CT molecular complexity index is 720. The average molecular weight is 379 g/mol. The molecule has 0 spiro atoms. The molecule has 0 aliphatic carbocycles. The molecule has 1 unspecified atom stereocenters. The summed E-state index contributed by atoms with van der Waals surface area (Å²) in [5, 5.41) is 5.90. The van der Waals surface area contributed by atoms with Crippen LogP contribution in [0, 0.1) is 5.92 Å². The maximum atomic E-state index is 12.4. The molecule has 1 heterocycles. The predicted octanol–water partition coefficient (Wildman–Crippen LogP) is 1.68. The van der Waals surface area contributed by atoms with Gasteiger partial charge in [-0.2, -0.15) is 0 Å². The molecule has 0 bridgehead atoms. The van der Waals surface area contributed by atoms with E-state index in [1.54, 1.807) is 6.07 Å². The Balaban J connectivity index is 1.89. The summed E-state index contributed by atoms with van der Waals surface area (Å²) in [4.78, 5) is 3.99. The van der Waals surface area contributed by atoms with Gasteiger partial charge in [0.2, 0.25) is 0 Å². The Morgan fingerprint density at radius 2 is 2.04 bits per heavy atom. The molecule has 1 atom stereocenters. The van der Waals surface area contributed by atoms with Crippen molar-refractivity contribution >= 4 is 15.8 Å².